The van der Waals surface area contributed by atoms with Crippen molar-refractivity contribution in [1.29, 1.82) is 0 Å². The average Bonchev–Trinajstić information content (AvgIpc) is 2.49. The zero-order valence-corrected chi connectivity index (χ0v) is 14.4. The lowest BCUT2D eigenvalue weighted by molar-refractivity contribution is 0.430. The molecule has 4 nitrogen and oxygen atoms in total. The minimum Gasteiger partial charge on any atom is -0.273 e. The Morgan fingerprint density at radius 2 is 1.70 bits per heavy atom. The van der Waals surface area contributed by atoms with Crippen LogP contribution in [0, 0.1) is 0 Å². The molecule has 0 bridgehead atoms. The molecule has 2 aromatic carbocycles. The summed E-state index contributed by atoms with van der Waals surface area (Å²) in [5.74, 6) is 0.111. The first-order valence-electron chi connectivity index (χ1n) is 7.13. The van der Waals surface area contributed by atoms with E-state index < -0.39 is 16.3 Å². The van der Waals surface area contributed by atoms with Crippen molar-refractivity contribution < 1.29 is 13.0 Å². The minimum absolute atomic E-state index is 0.111. The summed E-state index contributed by atoms with van der Waals surface area (Å²) in [4.78, 5) is 0. The quantitative estimate of drug-likeness (QED) is 0.787. The van der Waals surface area contributed by atoms with Gasteiger partial charge in [-0.2, -0.15) is 13.1 Å². The Labute approximate surface area is 145 Å². The predicted octanol–water partition coefficient (Wildman–Crippen LogP) is 4.35. The van der Waals surface area contributed by atoms with Gasteiger partial charge in [-0.3, -0.25) is 4.55 Å². The molecular weight excluding hydrogens is 357 g/mol. The van der Waals surface area contributed by atoms with Gasteiger partial charge in [0.05, 0.1) is 10.0 Å². The van der Waals surface area contributed by atoms with E-state index in [1.54, 1.807) is 6.07 Å². The van der Waals surface area contributed by atoms with E-state index in [2.05, 4.69) is 4.72 Å². The normalized spacial score (nSPS) is 21.0. The van der Waals surface area contributed by atoms with E-state index in [0.29, 0.717) is 16.5 Å². The molecule has 0 heterocycles. The molecule has 2 atom stereocenters. The van der Waals surface area contributed by atoms with Gasteiger partial charge in [-0.25, -0.2) is 0 Å². The van der Waals surface area contributed by atoms with Crippen LogP contribution in [-0.2, 0) is 10.3 Å². The Kier molecular flexibility index (Phi) is 4.67. The molecular formula is C16H15Cl2NO3S. The third kappa shape index (κ3) is 3.70. The highest BCUT2D eigenvalue weighted by molar-refractivity contribution is 7.83. The molecule has 0 fully saturated rings. The van der Waals surface area contributed by atoms with Gasteiger partial charge >= 0.3 is 10.3 Å². The predicted molar refractivity (Wildman–Crippen MR) is 91.4 cm³/mol. The molecule has 2 N–H and O–H groups in total. The summed E-state index contributed by atoms with van der Waals surface area (Å²) in [6.07, 6.45) is 1.32. The van der Waals surface area contributed by atoms with Crippen molar-refractivity contribution in [3.63, 3.8) is 0 Å². The number of fused-ring (bicyclic) bond motifs is 1. The third-order valence-corrected chi connectivity index (χ3v) is 5.45. The lowest BCUT2D eigenvalue weighted by atomic mass is 9.77. The van der Waals surface area contributed by atoms with E-state index in [0.717, 1.165) is 23.1 Å². The molecule has 122 valence electrons. The van der Waals surface area contributed by atoms with E-state index in [4.69, 9.17) is 27.8 Å². The highest BCUT2D eigenvalue weighted by Crippen LogP contribution is 2.42. The van der Waals surface area contributed by atoms with Crippen LogP contribution in [0.1, 0.15) is 41.5 Å². The second kappa shape index (κ2) is 6.42. The Hall–Kier alpha value is -1.11. The standard InChI is InChI=1S/C16H15Cl2NO3S/c17-14-7-5-10(9-15(14)18)11-6-8-16(19-23(20,21)22)13-4-2-1-3-12(11)13/h1-5,7,9,11,16,19H,6,8H2,(H,20,21,22). The molecule has 0 spiro atoms. The summed E-state index contributed by atoms with van der Waals surface area (Å²) in [5.41, 5.74) is 2.93. The van der Waals surface area contributed by atoms with Gasteiger partial charge in [-0.15, -0.1) is 0 Å². The van der Waals surface area contributed by atoms with E-state index in [1.807, 2.05) is 36.4 Å². The largest absolute Gasteiger partial charge is 0.333 e. The fourth-order valence-electron chi connectivity index (χ4n) is 3.17. The molecule has 3 rings (SSSR count). The van der Waals surface area contributed by atoms with Crippen LogP contribution >= 0.6 is 23.2 Å². The van der Waals surface area contributed by atoms with Crippen molar-refractivity contribution in [1.82, 2.24) is 4.72 Å². The van der Waals surface area contributed by atoms with E-state index in [-0.39, 0.29) is 5.92 Å². The summed E-state index contributed by atoms with van der Waals surface area (Å²) in [6, 6.07) is 12.7. The molecule has 0 radical (unpaired) electrons. The molecule has 7 heteroatoms. The van der Waals surface area contributed by atoms with Gasteiger partial charge < -0.3 is 0 Å². The van der Waals surface area contributed by atoms with Gasteiger partial charge in [-0.05, 0) is 41.7 Å². The summed E-state index contributed by atoms with van der Waals surface area (Å²) in [5, 5.41) is 1.00. The Balaban J connectivity index is 2.01. The minimum atomic E-state index is -4.25. The van der Waals surface area contributed by atoms with Crippen LogP contribution in [-0.4, -0.2) is 13.0 Å². The fourth-order valence-corrected chi connectivity index (χ4v) is 4.08. The molecule has 1 aliphatic carbocycles. The summed E-state index contributed by atoms with van der Waals surface area (Å²) < 4.78 is 33.7. The maximum atomic E-state index is 11.2. The number of hydrogen-bond donors (Lipinski definition) is 2. The Morgan fingerprint density at radius 1 is 1.00 bits per heavy atom. The van der Waals surface area contributed by atoms with E-state index in [9.17, 15) is 8.42 Å². The maximum Gasteiger partial charge on any atom is 0.333 e. The van der Waals surface area contributed by atoms with Crippen LogP contribution in [0.3, 0.4) is 0 Å². The van der Waals surface area contributed by atoms with Crippen LogP contribution in [0.4, 0.5) is 0 Å². The van der Waals surface area contributed by atoms with Gasteiger partial charge in [0, 0.05) is 12.0 Å². The van der Waals surface area contributed by atoms with Crippen LogP contribution in [0.2, 0.25) is 10.0 Å². The molecule has 0 amide bonds. The van der Waals surface area contributed by atoms with Gasteiger partial charge in [-0.1, -0.05) is 53.5 Å². The highest BCUT2D eigenvalue weighted by atomic mass is 35.5. The molecule has 0 saturated heterocycles. The molecule has 23 heavy (non-hydrogen) atoms. The second-order valence-corrected chi connectivity index (χ2v) is 7.58. The first-order valence-corrected chi connectivity index (χ1v) is 9.33. The zero-order chi connectivity index (χ0) is 16.6. The monoisotopic (exact) mass is 371 g/mol. The van der Waals surface area contributed by atoms with Crippen molar-refractivity contribution in [3.8, 4) is 0 Å². The summed E-state index contributed by atoms with van der Waals surface area (Å²) in [7, 11) is -4.25. The number of hydrogen-bond acceptors (Lipinski definition) is 2. The topological polar surface area (TPSA) is 66.4 Å². The SMILES string of the molecule is O=S(=O)(O)NC1CCC(c2ccc(Cl)c(Cl)c2)c2ccccc21. The van der Waals surface area contributed by atoms with Crippen molar-refractivity contribution >= 4 is 33.5 Å². The van der Waals surface area contributed by atoms with E-state index in [1.165, 1.54) is 0 Å². The van der Waals surface area contributed by atoms with Gasteiger partial charge in [0.25, 0.3) is 0 Å². The third-order valence-electron chi connectivity index (χ3n) is 4.13. The maximum absolute atomic E-state index is 11.2. The molecule has 0 aromatic heterocycles. The first-order chi connectivity index (χ1) is 10.8. The first kappa shape index (κ1) is 16.7. The van der Waals surface area contributed by atoms with Crippen molar-refractivity contribution in [3.05, 3.63) is 69.2 Å². The highest BCUT2D eigenvalue weighted by Gasteiger charge is 2.30. The smallest absolute Gasteiger partial charge is 0.273 e. The number of rotatable bonds is 3. The number of benzene rings is 2. The van der Waals surface area contributed by atoms with Crippen LogP contribution in [0.25, 0.3) is 0 Å². The summed E-state index contributed by atoms with van der Waals surface area (Å²) in [6.45, 7) is 0. The van der Waals surface area contributed by atoms with Crippen LogP contribution in [0.5, 0.6) is 0 Å². The van der Waals surface area contributed by atoms with Crippen molar-refractivity contribution in [2.75, 3.05) is 0 Å². The average molecular weight is 372 g/mol. The Morgan fingerprint density at radius 3 is 2.35 bits per heavy atom. The fraction of sp³-hybridized carbons (Fsp3) is 0.250. The lowest BCUT2D eigenvalue weighted by Crippen LogP contribution is -2.31. The molecule has 1 aliphatic rings. The van der Waals surface area contributed by atoms with Crippen molar-refractivity contribution in [2.24, 2.45) is 0 Å². The zero-order valence-electron chi connectivity index (χ0n) is 12.0. The Bertz CT molecular complexity index is 839. The molecule has 2 aromatic rings. The molecule has 2 unspecified atom stereocenters. The molecule has 0 saturated carbocycles. The van der Waals surface area contributed by atoms with Gasteiger partial charge in [0.1, 0.15) is 0 Å². The lowest BCUT2D eigenvalue weighted by Gasteiger charge is -2.31. The molecule has 0 aliphatic heterocycles. The van der Waals surface area contributed by atoms with E-state index >= 15 is 0 Å². The van der Waals surface area contributed by atoms with Gasteiger partial charge in [0.15, 0.2) is 0 Å². The van der Waals surface area contributed by atoms with Crippen LogP contribution in [0.15, 0.2) is 42.5 Å². The number of halogens is 2. The van der Waals surface area contributed by atoms with Crippen LogP contribution < -0.4 is 4.72 Å². The summed E-state index contributed by atoms with van der Waals surface area (Å²) >= 11 is 12.1. The van der Waals surface area contributed by atoms with Gasteiger partial charge in [0.2, 0.25) is 0 Å². The number of nitrogens with one attached hydrogen (secondary N) is 1. The van der Waals surface area contributed by atoms with Crippen molar-refractivity contribution in [2.45, 2.75) is 24.8 Å². The second-order valence-electron chi connectivity index (χ2n) is 5.58.